The zero-order valence-corrected chi connectivity index (χ0v) is 11.9. The summed E-state index contributed by atoms with van der Waals surface area (Å²) in [6.45, 7) is 5.51. The normalized spacial score (nSPS) is 24.7. The van der Waals surface area contributed by atoms with Crippen LogP contribution in [0.25, 0.3) is 0 Å². The van der Waals surface area contributed by atoms with Crippen molar-refractivity contribution >= 4 is 23.7 Å². The van der Waals surface area contributed by atoms with Crippen LogP contribution >= 0.6 is 11.8 Å². The van der Waals surface area contributed by atoms with Gasteiger partial charge in [0.2, 0.25) is 5.91 Å². The smallest absolute Gasteiger partial charge is 0.314 e. The molecule has 1 unspecified atom stereocenters. The molecule has 6 nitrogen and oxygen atoms in total. The van der Waals surface area contributed by atoms with Crippen molar-refractivity contribution in [3.8, 4) is 0 Å². The van der Waals surface area contributed by atoms with E-state index in [0.717, 1.165) is 25.3 Å². The van der Waals surface area contributed by atoms with Gasteiger partial charge in [0.25, 0.3) is 0 Å². The number of thioether (sulfide) groups is 1. The molecule has 7 heteroatoms. The summed E-state index contributed by atoms with van der Waals surface area (Å²) >= 11 is 1.77. The molecule has 2 saturated heterocycles. The van der Waals surface area contributed by atoms with E-state index in [-0.39, 0.29) is 23.6 Å². The highest BCUT2D eigenvalue weighted by molar-refractivity contribution is 7.98. The fourth-order valence-electron chi connectivity index (χ4n) is 1.79. The molecular formula is C11H22N4O2S. The first-order valence-electron chi connectivity index (χ1n) is 6.05. The van der Waals surface area contributed by atoms with E-state index in [0.29, 0.717) is 0 Å². The van der Waals surface area contributed by atoms with Crippen molar-refractivity contribution in [3.63, 3.8) is 0 Å². The maximum Gasteiger partial charge on any atom is 0.314 e. The first kappa shape index (κ1) is 15.1. The van der Waals surface area contributed by atoms with E-state index in [4.69, 9.17) is 0 Å². The van der Waals surface area contributed by atoms with Crippen molar-refractivity contribution in [2.45, 2.75) is 32.0 Å². The summed E-state index contributed by atoms with van der Waals surface area (Å²) in [5, 5.41) is 11.3. The van der Waals surface area contributed by atoms with E-state index < -0.39 is 0 Å². The van der Waals surface area contributed by atoms with Gasteiger partial charge in [-0.3, -0.25) is 10.1 Å². The van der Waals surface area contributed by atoms with Crippen LogP contribution in [0.5, 0.6) is 0 Å². The summed E-state index contributed by atoms with van der Waals surface area (Å²) in [5.74, 6) is 1.16. The molecule has 2 aliphatic rings. The van der Waals surface area contributed by atoms with Crippen molar-refractivity contribution in [1.82, 2.24) is 21.3 Å². The Labute approximate surface area is 112 Å². The number of urea groups is 1. The summed E-state index contributed by atoms with van der Waals surface area (Å²) in [5.41, 5.74) is -0.222. The van der Waals surface area contributed by atoms with E-state index in [1.807, 2.05) is 13.8 Å². The van der Waals surface area contributed by atoms with E-state index in [1.165, 1.54) is 0 Å². The second kappa shape index (κ2) is 6.84. The highest BCUT2D eigenvalue weighted by Crippen LogP contribution is 2.12. The zero-order valence-electron chi connectivity index (χ0n) is 11.1. The molecule has 2 rings (SSSR count). The third-order valence-electron chi connectivity index (χ3n) is 2.59. The Morgan fingerprint density at radius 2 is 1.89 bits per heavy atom. The number of hydrogen-bond donors (Lipinski definition) is 4. The number of carbonyl (C=O) groups is 2. The number of amides is 3. The molecule has 1 atom stereocenters. The lowest BCUT2D eigenvalue weighted by Gasteiger charge is -2.18. The van der Waals surface area contributed by atoms with Crippen LogP contribution in [-0.4, -0.2) is 48.7 Å². The topological polar surface area (TPSA) is 82.3 Å². The second-order valence-electron chi connectivity index (χ2n) is 4.78. The number of nitrogens with one attached hydrogen (secondary N) is 4. The average Bonchev–Trinajstić information content (AvgIpc) is 2.84. The SMILES string of the molecule is CSCCC1NC(C)(C)NC1=O.O=C1NCCN1. The molecule has 0 radical (unpaired) electrons. The summed E-state index contributed by atoms with van der Waals surface area (Å²) < 4.78 is 0. The first-order valence-corrected chi connectivity index (χ1v) is 7.44. The number of hydrogen-bond acceptors (Lipinski definition) is 4. The van der Waals surface area contributed by atoms with Gasteiger partial charge < -0.3 is 16.0 Å². The maximum atomic E-state index is 11.3. The lowest BCUT2D eigenvalue weighted by Crippen LogP contribution is -2.44. The predicted molar refractivity (Wildman–Crippen MR) is 73.5 cm³/mol. The van der Waals surface area contributed by atoms with E-state index in [1.54, 1.807) is 11.8 Å². The molecule has 2 fully saturated rings. The minimum atomic E-state index is -0.222. The molecular weight excluding hydrogens is 252 g/mol. The van der Waals surface area contributed by atoms with Gasteiger partial charge in [0, 0.05) is 13.1 Å². The fourth-order valence-corrected chi connectivity index (χ4v) is 2.26. The van der Waals surface area contributed by atoms with Gasteiger partial charge in [-0.2, -0.15) is 11.8 Å². The number of rotatable bonds is 3. The Balaban J connectivity index is 0.000000225. The van der Waals surface area contributed by atoms with E-state index in [9.17, 15) is 9.59 Å². The van der Waals surface area contributed by atoms with Crippen LogP contribution in [0.4, 0.5) is 4.79 Å². The van der Waals surface area contributed by atoms with Crippen molar-refractivity contribution in [1.29, 1.82) is 0 Å². The van der Waals surface area contributed by atoms with Crippen LogP contribution < -0.4 is 21.3 Å². The van der Waals surface area contributed by atoms with Gasteiger partial charge in [0.15, 0.2) is 0 Å². The molecule has 0 aromatic heterocycles. The summed E-state index contributed by atoms with van der Waals surface area (Å²) in [6.07, 6.45) is 2.97. The molecule has 0 spiro atoms. The van der Waals surface area contributed by atoms with E-state index >= 15 is 0 Å². The third-order valence-corrected chi connectivity index (χ3v) is 3.24. The zero-order chi connectivity index (χ0) is 13.6. The molecule has 18 heavy (non-hydrogen) atoms. The van der Waals surface area contributed by atoms with Crippen LogP contribution in [0.3, 0.4) is 0 Å². The maximum absolute atomic E-state index is 11.3. The minimum Gasteiger partial charge on any atom is -0.337 e. The lowest BCUT2D eigenvalue weighted by atomic mass is 10.2. The van der Waals surface area contributed by atoms with Gasteiger partial charge in [-0.1, -0.05) is 0 Å². The first-order chi connectivity index (χ1) is 8.44. The molecule has 4 N–H and O–H groups in total. The summed E-state index contributed by atoms with van der Waals surface area (Å²) in [7, 11) is 0. The van der Waals surface area contributed by atoms with Gasteiger partial charge in [-0.15, -0.1) is 0 Å². The monoisotopic (exact) mass is 274 g/mol. The van der Waals surface area contributed by atoms with Gasteiger partial charge in [-0.05, 0) is 32.3 Å². The Kier molecular flexibility index (Phi) is 5.74. The fraction of sp³-hybridized carbons (Fsp3) is 0.818. The molecule has 2 aliphatic heterocycles. The molecule has 0 aliphatic carbocycles. The minimum absolute atomic E-state index is 0.00690. The summed E-state index contributed by atoms with van der Waals surface area (Å²) in [4.78, 5) is 21.3. The van der Waals surface area contributed by atoms with Gasteiger partial charge in [0.05, 0.1) is 11.7 Å². The van der Waals surface area contributed by atoms with Gasteiger partial charge >= 0.3 is 6.03 Å². The van der Waals surface area contributed by atoms with Crippen LogP contribution in [0, 0.1) is 0 Å². The molecule has 2 heterocycles. The highest BCUT2D eigenvalue weighted by atomic mass is 32.2. The predicted octanol–water partition coefficient (Wildman–Crippen LogP) is -0.137. The van der Waals surface area contributed by atoms with Crippen LogP contribution in [-0.2, 0) is 4.79 Å². The largest absolute Gasteiger partial charge is 0.337 e. The Hall–Kier alpha value is -0.950. The molecule has 0 saturated carbocycles. The lowest BCUT2D eigenvalue weighted by molar-refractivity contribution is -0.120. The second-order valence-corrected chi connectivity index (χ2v) is 5.76. The Bertz CT molecular complexity index is 301. The van der Waals surface area contributed by atoms with E-state index in [2.05, 4.69) is 27.5 Å². The van der Waals surface area contributed by atoms with Crippen LogP contribution in [0.1, 0.15) is 20.3 Å². The third kappa shape index (κ3) is 5.14. The highest BCUT2D eigenvalue weighted by Gasteiger charge is 2.35. The van der Waals surface area contributed by atoms with Crippen molar-refractivity contribution < 1.29 is 9.59 Å². The van der Waals surface area contributed by atoms with Crippen molar-refractivity contribution in [3.05, 3.63) is 0 Å². The molecule has 0 aromatic rings. The van der Waals surface area contributed by atoms with Crippen molar-refractivity contribution in [2.75, 3.05) is 25.1 Å². The standard InChI is InChI=1S/C8H16N2OS.C3H6N2O/c1-8(2)9-6(4-5-12-3)7(11)10-8;6-3-4-1-2-5-3/h6,9H,4-5H2,1-3H3,(H,10,11);1-2H2,(H2,4,5,6). The molecule has 0 aromatic carbocycles. The summed E-state index contributed by atoms with van der Waals surface area (Å²) in [6, 6.07) is -0.0394. The van der Waals surface area contributed by atoms with Crippen LogP contribution in [0.2, 0.25) is 0 Å². The van der Waals surface area contributed by atoms with Crippen molar-refractivity contribution in [2.24, 2.45) is 0 Å². The molecule has 3 amide bonds. The number of carbonyl (C=O) groups excluding carboxylic acids is 2. The molecule has 0 bridgehead atoms. The Morgan fingerprint density at radius 1 is 1.28 bits per heavy atom. The van der Waals surface area contributed by atoms with Gasteiger partial charge in [0.1, 0.15) is 0 Å². The van der Waals surface area contributed by atoms with Gasteiger partial charge in [-0.25, -0.2) is 4.79 Å². The quantitative estimate of drug-likeness (QED) is 0.577. The Morgan fingerprint density at radius 3 is 2.22 bits per heavy atom. The van der Waals surface area contributed by atoms with Crippen LogP contribution in [0.15, 0.2) is 0 Å². The molecule has 104 valence electrons. The average molecular weight is 274 g/mol.